The number of fused-ring (bicyclic) bond motifs is 6. The number of pyridine rings is 1. The first-order valence-electron chi connectivity index (χ1n) is 13.5. The van der Waals surface area contributed by atoms with Crippen molar-refractivity contribution in [1.82, 2.24) is 23.7 Å². The fourth-order valence-corrected chi connectivity index (χ4v) is 6.13. The Labute approximate surface area is 256 Å². The van der Waals surface area contributed by atoms with E-state index in [1.54, 1.807) is 6.20 Å². The monoisotopic (exact) mass is 722 g/mol. The van der Waals surface area contributed by atoms with E-state index in [-0.39, 0.29) is 21.1 Å². The van der Waals surface area contributed by atoms with Gasteiger partial charge in [0.05, 0.1) is 16.6 Å². The Morgan fingerprint density at radius 1 is 0.762 bits per heavy atom. The van der Waals surface area contributed by atoms with E-state index in [0.717, 1.165) is 55.3 Å². The van der Waals surface area contributed by atoms with E-state index in [2.05, 4.69) is 99.9 Å². The summed E-state index contributed by atoms with van der Waals surface area (Å²) < 4.78 is 6.16. The van der Waals surface area contributed by atoms with Crippen LogP contribution in [-0.2, 0) is 28.1 Å². The molecule has 4 aromatic carbocycles. The molecule has 0 N–H and O–H groups in total. The molecule has 0 radical (unpaired) electrons. The van der Waals surface area contributed by atoms with Crippen LogP contribution in [0.25, 0.3) is 66.6 Å². The van der Waals surface area contributed by atoms with Crippen LogP contribution in [0.2, 0.25) is 0 Å². The second kappa shape index (κ2) is 9.83. The topological polar surface area (TPSA) is 64.4 Å². The van der Waals surface area contributed by atoms with Crippen molar-refractivity contribution in [2.24, 2.45) is 7.05 Å². The number of benzene rings is 4. The molecule has 204 valence electrons. The number of aryl methyl sites for hydroxylation is 2. The predicted molar refractivity (Wildman–Crippen MR) is 163 cm³/mol. The van der Waals surface area contributed by atoms with Gasteiger partial charge in [-0.15, -0.1) is 29.8 Å². The minimum Gasteiger partial charge on any atom is -0.320 e. The average Bonchev–Trinajstić information content (AvgIpc) is 3.67. The molecule has 0 spiro atoms. The summed E-state index contributed by atoms with van der Waals surface area (Å²) in [5.41, 5.74) is 8.16. The first-order valence-corrected chi connectivity index (χ1v) is 13.5. The minimum atomic E-state index is 0. The zero-order valence-electron chi connectivity index (χ0n) is 22.8. The molecular formula is C35H23N6Pt-. The van der Waals surface area contributed by atoms with Gasteiger partial charge in [0.25, 0.3) is 0 Å². The number of para-hydroxylation sites is 2. The number of nitriles is 1. The van der Waals surface area contributed by atoms with Crippen molar-refractivity contribution in [2.75, 3.05) is 0 Å². The quantitative estimate of drug-likeness (QED) is 0.176. The van der Waals surface area contributed by atoms with Crippen molar-refractivity contribution in [2.45, 2.75) is 6.92 Å². The van der Waals surface area contributed by atoms with Gasteiger partial charge in [0.2, 0.25) is 5.95 Å². The number of aromatic nitrogens is 5. The SMILES string of the molecule is Cc1ccccc1-c1[c-]c(-n2c3ccccc3c3c(C#N)c4c5ccccc5n(-c5nccn5C)c4nc32)ccc1.[Pt]. The van der Waals surface area contributed by atoms with Gasteiger partial charge in [0, 0.05) is 62.1 Å². The van der Waals surface area contributed by atoms with Crippen molar-refractivity contribution in [3.8, 4) is 28.8 Å². The third-order valence-electron chi connectivity index (χ3n) is 7.97. The van der Waals surface area contributed by atoms with Crippen LogP contribution in [0.15, 0.2) is 103 Å². The van der Waals surface area contributed by atoms with Gasteiger partial charge in [0.1, 0.15) is 11.7 Å². The molecule has 8 aromatic rings. The summed E-state index contributed by atoms with van der Waals surface area (Å²) in [5.74, 6) is 0.739. The summed E-state index contributed by atoms with van der Waals surface area (Å²) in [6, 6.07) is 37.1. The number of hydrogen-bond acceptors (Lipinski definition) is 3. The summed E-state index contributed by atoms with van der Waals surface area (Å²) in [7, 11) is 1.97. The Morgan fingerprint density at radius 2 is 1.40 bits per heavy atom. The number of imidazole rings is 1. The third kappa shape index (κ3) is 3.61. The van der Waals surface area contributed by atoms with E-state index in [1.807, 2.05) is 42.1 Å². The molecule has 4 heterocycles. The third-order valence-corrected chi connectivity index (χ3v) is 7.97. The molecule has 0 unspecified atom stereocenters. The summed E-state index contributed by atoms with van der Waals surface area (Å²) >= 11 is 0. The molecule has 8 rings (SSSR count). The van der Waals surface area contributed by atoms with Crippen molar-refractivity contribution in [3.05, 3.63) is 121 Å². The maximum Gasteiger partial charge on any atom is 0.215 e. The smallest absolute Gasteiger partial charge is 0.215 e. The summed E-state index contributed by atoms with van der Waals surface area (Å²) in [5, 5.41) is 14.4. The van der Waals surface area contributed by atoms with Gasteiger partial charge in [-0.1, -0.05) is 71.8 Å². The van der Waals surface area contributed by atoms with Crippen LogP contribution < -0.4 is 0 Å². The molecular weight excluding hydrogens is 700 g/mol. The molecule has 0 aliphatic carbocycles. The molecule has 4 aromatic heterocycles. The molecule has 42 heavy (non-hydrogen) atoms. The zero-order chi connectivity index (χ0) is 27.7. The number of nitrogens with zero attached hydrogens (tertiary/aromatic N) is 6. The second-order valence-electron chi connectivity index (χ2n) is 10.3. The molecule has 0 atom stereocenters. The summed E-state index contributed by atoms with van der Waals surface area (Å²) in [6.45, 7) is 2.12. The molecule has 0 aliphatic rings. The zero-order valence-corrected chi connectivity index (χ0v) is 25.1. The van der Waals surface area contributed by atoms with E-state index >= 15 is 0 Å². The fourth-order valence-electron chi connectivity index (χ4n) is 6.13. The largest absolute Gasteiger partial charge is 0.320 e. The number of rotatable bonds is 3. The first kappa shape index (κ1) is 26.0. The molecule has 6 nitrogen and oxygen atoms in total. The van der Waals surface area contributed by atoms with E-state index in [0.29, 0.717) is 16.9 Å². The maximum atomic E-state index is 10.7. The van der Waals surface area contributed by atoms with Crippen molar-refractivity contribution >= 4 is 43.9 Å². The maximum absolute atomic E-state index is 10.7. The fraction of sp³-hybridized carbons (Fsp3) is 0.0571. The van der Waals surface area contributed by atoms with Gasteiger partial charge in [-0.25, -0.2) is 9.97 Å². The van der Waals surface area contributed by atoms with Crippen LogP contribution in [0, 0.1) is 24.3 Å². The van der Waals surface area contributed by atoms with Gasteiger partial charge in [-0.2, -0.15) is 5.26 Å². The van der Waals surface area contributed by atoms with Crippen molar-refractivity contribution in [1.29, 1.82) is 5.26 Å². The molecule has 0 saturated heterocycles. The average molecular weight is 723 g/mol. The van der Waals surface area contributed by atoms with Crippen LogP contribution in [-0.4, -0.2) is 23.7 Å². The second-order valence-corrected chi connectivity index (χ2v) is 10.3. The molecule has 0 bridgehead atoms. The Morgan fingerprint density at radius 3 is 2.07 bits per heavy atom. The van der Waals surface area contributed by atoms with Gasteiger partial charge >= 0.3 is 0 Å². The van der Waals surface area contributed by atoms with Crippen molar-refractivity contribution < 1.29 is 21.1 Å². The van der Waals surface area contributed by atoms with Crippen LogP contribution in [0.5, 0.6) is 0 Å². The Bertz CT molecular complexity index is 2370. The van der Waals surface area contributed by atoms with E-state index < -0.39 is 0 Å². The number of hydrogen-bond donors (Lipinski definition) is 0. The minimum absolute atomic E-state index is 0. The van der Waals surface area contributed by atoms with Crippen LogP contribution in [0.4, 0.5) is 0 Å². The predicted octanol–water partition coefficient (Wildman–Crippen LogP) is 7.65. The van der Waals surface area contributed by atoms with Crippen LogP contribution in [0.1, 0.15) is 11.1 Å². The van der Waals surface area contributed by atoms with E-state index in [9.17, 15) is 5.26 Å². The molecule has 7 heteroatoms. The Kier molecular flexibility index (Phi) is 6.08. The Hall–Kier alpha value is -4.98. The molecule has 0 amide bonds. The van der Waals surface area contributed by atoms with E-state index in [4.69, 9.17) is 4.98 Å². The van der Waals surface area contributed by atoms with Crippen LogP contribution in [0.3, 0.4) is 0 Å². The van der Waals surface area contributed by atoms with Crippen LogP contribution >= 0.6 is 0 Å². The van der Waals surface area contributed by atoms with Gasteiger partial charge in [-0.3, -0.25) is 4.57 Å². The summed E-state index contributed by atoms with van der Waals surface area (Å²) in [6.07, 6.45) is 3.70. The van der Waals surface area contributed by atoms with Gasteiger partial charge in [-0.05, 0) is 24.7 Å². The standard InChI is InChI=1S/C35H23N6.Pt/c1-22-10-3-4-13-25(22)23-11-9-12-24(20-23)40-29-16-7-5-14-26(29)31-28(21-36)32-27-15-6-8-17-30(27)41(34(32)38-33(31)40)35-37-18-19-39(35)2;/h3-19H,1-2H3;/q-1;. The Balaban J connectivity index is 0.00000288. The normalized spacial score (nSPS) is 11.4. The molecule has 0 saturated carbocycles. The first-order chi connectivity index (χ1) is 20.2. The summed E-state index contributed by atoms with van der Waals surface area (Å²) in [4.78, 5) is 10.0. The van der Waals surface area contributed by atoms with E-state index in [1.165, 1.54) is 5.56 Å². The molecule has 0 fully saturated rings. The molecule has 0 aliphatic heterocycles. The van der Waals surface area contributed by atoms with Crippen molar-refractivity contribution in [3.63, 3.8) is 0 Å². The van der Waals surface area contributed by atoms with Gasteiger partial charge < -0.3 is 9.13 Å². The van der Waals surface area contributed by atoms with Gasteiger partial charge in [0.15, 0.2) is 5.65 Å².